The Morgan fingerprint density at radius 1 is 1.24 bits per heavy atom. The molecule has 0 saturated heterocycles. The van der Waals surface area contributed by atoms with Crippen molar-refractivity contribution in [3.8, 4) is 11.8 Å². The van der Waals surface area contributed by atoms with Gasteiger partial charge in [-0.3, -0.25) is 0 Å². The third-order valence-electron chi connectivity index (χ3n) is 2.90. The van der Waals surface area contributed by atoms with Crippen LogP contribution >= 0.6 is 11.6 Å². The van der Waals surface area contributed by atoms with Crippen LogP contribution in [-0.2, 0) is 6.54 Å². The molecule has 2 aromatic carbocycles. The molecule has 0 amide bonds. The molecule has 1 N–H and O–H groups in total. The van der Waals surface area contributed by atoms with Gasteiger partial charge in [0.2, 0.25) is 0 Å². The highest BCUT2D eigenvalue weighted by molar-refractivity contribution is 6.33. The lowest BCUT2D eigenvalue weighted by atomic mass is 10.1. The van der Waals surface area contributed by atoms with E-state index in [0.717, 1.165) is 17.0 Å². The van der Waals surface area contributed by atoms with Gasteiger partial charge in [-0.25, -0.2) is 0 Å². The van der Waals surface area contributed by atoms with Gasteiger partial charge in [0, 0.05) is 12.1 Å². The molecule has 0 fully saturated rings. The van der Waals surface area contributed by atoms with E-state index in [1.165, 1.54) is 0 Å². The predicted molar refractivity (Wildman–Crippen MR) is 85.7 cm³/mol. The average molecular weight is 301 g/mol. The number of hydrogen-bond acceptors (Lipinski definition) is 3. The topological polar surface area (TPSA) is 45.0 Å². The first-order valence-electron chi connectivity index (χ1n) is 6.78. The Kier molecular flexibility index (Phi) is 5.08. The highest BCUT2D eigenvalue weighted by Crippen LogP contribution is 2.25. The minimum Gasteiger partial charge on any atom is -0.491 e. The molecule has 0 bridgehead atoms. The Morgan fingerprint density at radius 2 is 2.00 bits per heavy atom. The van der Waals surface area contributed by atoms with Gasteiger partial charge >= 0.3 is 0 Å². The van der Waals surface area contributed by atoms with Crippen LogP contribution in [0.5, 0.6) is 5.75 Å². The molecular formula is C17H17ClN2O. The summed E-state index contributed by atoms with van der Waals surface area (Å²) >= 11 is 6.14. The van der Waals surface area contributed by atoms with Crippen molar-refractivity contribution in [3.05, 3.63) is 58.6 Å². The maximum Gasteiger partial charge on any atom is 0.124 e. The summed E-state index contributed by atoms with van der Waals surface area (Å²) in [5.74, 6) is 0.854. The number of nitrogens with zero attached hydrogens (tertiary/aromatic N) is 1. The van der Waals surface area contributed by atoms with Crippen molar-refractivity contribution in [2.75, 3.05) is 5.32 Å². The maximum atomic E-state index is 8.94. The molecule has 2 aromatic rings. The molecule has 108 valence electrons. The van der Waals surface area contributed by atoms with Crippen LogP contribution in [0.4, 0.5) is 5.69 Å². The van der Waals surface area contributed by atoms with Gasteiger partial charge in [-0.15, -0.1) is 0 Å². The first kappa shape index (κ1) is 15.2. The van der Waals surface area contributed by atoms with Crippen molar-refractivity contribution in [1.29, 1.82) is 5.26 Å². The van der Waals surface area contributed by atoms with E-state index in [-0.39, 0.29) is 6.10 Å². The summed E-state index contributed by atoms with van der Waals surface area (Å²) in [6, 6.07) is 15.1. The van der Waals surface area contributed by atoms with Crippen LogP contribution < -0.4 is 10.1 Å². The van der Waals surface area contributed by atoms with Crippen molar-refractivity contribution in [3.63, 3.8) is 0 Å². The average Bonchev–Trinajstić information content (AvgIpc) is 2.47. The van der Waals surface area contributed by atoms with E-state index in [9.17, 15) is 0 Å². The Labute approximate surface area is 130 Å². The van der Waals surface area contributed by atoms with Gasteiger partial charge in [-0.05, 0) is 38.1 Å². The quantitative estimate of drug-likeness (QED) is 0.877. The second-order valence-corrected chi connectivity index (χ2v) is 5.34. The molecule has 0 aliphatic carbocycles. The second-order valence-electron chi connectivity index (χ2n) is 4.93. The SMILES string of the molecule is CC(C)Oc1ccccc1CNc1cc(C#N)ccc1Cl. The van der Waals surface area contributed by atoms with E-state index < -0.39 is 0 Å². The Hall–Kier alpha value is -2.18. The number of hydrogen-bond donors (Lipinski definition) is 1. The van der Waals surface area contributed by atoms with Gasteiger partial charge in [0.1, 0.15) is 5.75 Å². The maximum absolute atomic E-state index is 8.94. The van der Waals surface area contributed by atoms with Gasteiger partial charge < -0.3 is 10.1 Å². The molecule has 2 rings (SSSR count). The van der Waals surface area contributed by atoms with Crippen LogP contribution in [0.15, 0.2) is 42.5 Å². The molecule has 0 aliphatic heterocycles. The molecule has 21 heavy (non-hydrogen) atoms. The monoisotopic (exact) mass is 300 g/mol. The molecule has 0 spiro atoms. The van der Waals surface area contributed by atoms with Gasteiger partial charge in [0.05, 0.1) is 28.4 Å². The highest BCUT2D eigenvalue weighted by Gasteiger charge is 2.07. The second kappa shape index (κ2) is 7.01. The number of nitrogens with one attached hydrogen (secondary N) is 1. The molecule has 0 unspecified atom stereocenters. The van der Waals surface area contributed by atoms with E-state index in [1.807, 2.05) is 38.1 Å². The third-order valence-corrected chi connectivity index (χ3v) is 3.23. The largest absolute Gasteiger partial charge is 0.491 e. The smallest absolute Gasteiger partial charge is 0.124 e. The summed E-state index contributed by atoms with van der Waals surface area (Å²) in [6.45, 7) is 4.58. The molecular weight excluding hydrogens is 284 g/mol. The number of ether oxygens (including phenoxy) is 1. The van der Waals surface area contributed by atoms with E-state index in [0.29, 0.717) is 17.1 Å². The Morgan fingerprint density at radius 3 is 2.71 bits per heavy atom. The lowest BCUT2D eigenvalue weighted by Crippen LogP contribution is -2.09. The fourth-order valence-electron chi connectivity index (χ4n) is 1.94. The summed E-state index contributed by atoms with van der Waals surface area (Å²) in [4.78, 5) is 0. The van der Waals surface area contributed by atoms with Crippen molar-refractivity contribution in [2.24, 2.45) is 0 Å². The summed E-state index contributed by atoms with van der Waals surface area (Å²) in [7, 11) is 0. The number of para-hydroxylation sites is 1. The number of nitriles is 1. The van der Waals surface area contributed by atoms with E-state index in [2.05, 4.69) is 11.4 Å². The molecule has 4 heteroatoms. The minimum absolute atomic E-state index is 0.122. The molecule has 0 radical (unpaired) electrons. The van der Waals surface area contributed by atoms with Crippen molar-refractivity contribution >= 4 is 17.3 Å². The number of halogens is 1. The van der Waals surface area contributed by atoms with Crippen LogP contribution in [0, 0.1) is 11.3 Å². The van der Waals surface area contributed by atoms with Crippen molar-refractivity contribution in [1.82, 2.24) is 0 Å². The van der Waals surface area contributed by atoms with E-state index in [4.69, 9.17) is 21.6 Å². The van der Waals surface area contributed by atoms with Crippen LogP contribution in [0.25, 0.3) is 0 Å². The summed E-state index contributed by atoms with van der Waals surface area (Å²) in [5.41, 5.74) is 2.37. The zero-order valence-electron chi connectivity index (χ0n) is 12.1. The van der Waals surface area contributed by atoms with Crippen LogP contribution in [0.1, 0.15) is 25.0 Å². The number of benzene rings is 2. The highest BCUT2D eigenvalue weighted by atomic mass is 35.5. The standard InChI is InChI=1S/C17H17ClN2O/c1-12(2)21-17-6-4-3-5-14(17)11-20-16-9-13(10-19)7-8-15(16)18/h3-9,12,20H,11H2,1-2H3. The molecule has 3 nitrogen and oxygen atoms in total. The summed E-state index contributed by atoms with van der Waals surface area (Å²) in [6.07, 6.45) is 0.122. The lowest BCUT2D eigenvalue weighted by Gasteiger charge is -2.15. The molecule has 0 atom stereocenters. The Bertz CT molecular complexity index is 662. The Balaban J connectivity index is 2.15. The van der Waals surface area contributed by atoms with Gasteiger partial charge in [0.15, 0.2) is 0 Å². The number of anilines is 1. The van der Waals surface area contributed by atoms with E-state index in [1.54, 1.807) is 18.2 Å². The fraction of sp³-hybridized carbons (Fsp3) is 0.235. The van der Waals surface area contributed by atoms with Crippen molar-refractivity contribution < 1.29 is 4.74 Å². The summed E-state index contributed by atoms with van der Waals surface area (Å²) < 4.78 is 5.78. The molecule has 0 aromatic heterocycles. The molecule has 0 heterocycles. The zero-order chi connectivity index (χ0) is 15.2. The summed E-state index contributed by atoms with van der Waals surface area (Å²) in [5, 5.41) is 12.8. The van der Waals surface area contributed by atoms with Crippen LogP contribution in [0.3, 0.4) is 0 Å². The van der Waals surface area contributed by atoms with Gasteiger partial charge in [-0.2, -0.15) is 5.26 Å². The molecule has 0 aliphatic rings. The first-order chi connectivity index (χ1) is 10.1. The lowest BCUT2D eigenvalue weighted by molar-refractivity contribution is 0.240. The minimum atomic E-state index is 0.122. The zero-order valence-corrected chi connectivity index (χ0v) is 12.8. The van der Waals surface area contributed by atoms with Gasteiger partial charge in [0.25, 0.3) is 0 Å². The van der Waals surface area contributed by atoms with Crippen LogP contribution in [-0.4, -0.2) is 6.10 Å². The predicted octanol–water partition coefficient (Wildman–Crippen LogP) is 4.61. The van der Waals surface area contributed by atoms with E-state index >= 15 is 0 Å². The van der Waals surface area contributed by atoms with Crippen LogP contribution in [0.2, 0.25) is 5.02 Å². The molecule has 0 saturated carbocycles. The first-order valence-corrected chi connectivity index (χ1v) is 7.16. The van der Waals surface area contributed by atoms with Crippen molar-refractivity contribution in [2.45, 2.75) is 26.5 Å². The normalized spacial score (nSPS) is 10.2. The third kappa shape index (κ3) is 4.14. The number of rotatable bonds is 5. The fourth-order valence-corrected chi connectivity index (χ4v) is 2.12. The van der Waals surface area contributed by atoms with Gasteiger partial charge in [-0.1, -0.05) is 29.8 Å².